The Morgan fingerprint density at radius 2 is 1.59 bits per heavy atom. The van der Waals surface area contributed by atoms with Gasteiger partial charge in [-0.2, -0.15) is 0 Å². The van der Waals surface area contributed by atoms with E-state index in [0.717, 1.165) is 16.7 Å². The van der Waals surface area contributed by atoms with Crippen molar-refractivity contribution in [3.8, 4) is 0 Å². The number of carbonyl (C=O) groups is 1. The monoisotopic (exact) mass is 465 g/mol. The highest BCUT2D eigenvalue weighted by molar-refractivity contribution is 7.07. The molecule has 1 aliphatic heterocycles. The molecule has 0 saturated carbocycles. The van der Waals surface area contributed by atoms with E-state index in [9.17, 15) is 9.59 Å². The van der Waals surface area contributed by atoms with Crippen LogP contribution in [0.1, 0.15) is 29.7 Å². The fourth-order valence-electron chi connectivity index (χ4n) is 4.10. The van der Waals surface area contributed by atoms with Crippen molar-refractivity contribution in [3.63, 3.8) is 0 Å². The number of carbonyl (C=O) groups excluding carboxylic acids is 1. The Labute approximate surface area is 201 Å². The first-order valence-electron chi connectivity index (χ1n) is 11.0. The fraction of sp³-hybridized carbons (Fsp3) is 0.107. The van der Waals surface area contributed by atoms with Crippen LogP contribution in [0.5, 0.6) is 0 Å². The van der Waals surface area contributed by atoms with Gasteiger partial charge in [0.05, 0.1) is 21.8 Å². The number of nitrogens with zero attached hydrogens (tertiary/aromatic N) is 2. The number of benzene rings is 3. The third-order valence-corrected chi connectivity index (χ3v) is 6.77. The highest BCUT2D eigenvalue weighted by atomic mass is 32.1. The summed E-state index contributed by atoms with van der Waals surface area (Å²) >= 11 is 1.34. The van der Waals surface area contributed by atoms with Crippen LogP contribution in [-0.4, -0.2) is 10.5 Å². The second-order valence-corrected chi connectivity index (χ2v) is 9.23. The van der Waals surface area contributed by atoms with Crippen LogP contribution in [0.3, 0.4) is 0 Å². The molecule has 3 aromatic carbocycles. The molecule has 0 fully saturated rings. The van der Waals surface area contributed by atoms with E-state index in [1.807, 2.05) is 105 Å². The molecule has 4 aromatic rings. The van der Waals surface area contributed by atoms with Crippen molar-refractivity contribution < 1.29 is 4.79 Å². The Balaban J connectivity index is 1.66. The molecule has 168 valence electrons. The molecule has 0 spiro atoms. The number of aromatic nitrogens is 1. The molecule has 6 heteroatoms. The van der Waals surface area contributed by atoms with Gasteiger partial charge in [-0.05, 0) is 43.2 Å². The SMILES string of the molecule is CC1=C(C(=O)Nc2ccccc2)[C@H](c2ccccc2)n2c(s/c(=C\c3ccc(C)cc3)c2=O)=N1. The molecule has 5 nitrogen and oxygen atoms in total. The van der Waals surface area contributed by atoms with Crippen LogP contribution in [0, 0.1) is 6.92 Å². The molecular weight excluding hydrogens is 442 g/mol. The van der Waals surface area contributed by atoms with E-state index in [2.05, 4.69) is 10.3 Å². The summed E-state index contributed by atoms with van der Waals surface area (Å²) in [4.78, 5) is 32.4. The number of nitrogens with one attached hydrogen (secondary N) is 1. The number of hydrogen-bond acceptors (Lipinski definition) is 4. The Morgan fingerprint density at radius 3 is 2.26 bits per heavy atom. The van der Waals surface area contributed by atoms with Gasteiger partial charge in [-0.25, -0.2) is 4.99 Å². The van der Waals surface area contributed by atoms with Gasteiger partial charge in [0.2, 0.25) is 0 Å². The summed E-state index contributed by atoms with van der Waals surface area (Å²) < 4.78 is 2.23. The van der Waals surface area contributed by atoms with Crippen LogP contribution in [0.15, 0.2) is 106 Å². The number of para-hydroxylation sites is 1. The lowest BCUT2D eigenvalue weighted by molar-refractivity contribution is -0.113. The Hall–Kier alpha value is -4.03. The topological polar surface area (TPSA) is 63.5 Å². The van der Waals surface area contributed by atoms with E-state index >= 15 is 0 Å². The van der Waals surface area contributed by atoms with Gasteiger partial charge in [0.15, 0.2) is 4.80 Å². The standard InChI is InChI=1S/C28H23N3O2S/c1-18-13-15-20(16-14-18)17-23-27(33)31-25(21-9-5-3-6-10-21)24(19(2)29-28(31)34-23)26(32)30-22-11-7-4-8-12-22/h3-17,25H,1-2H3,(H,30,32)/b23-17-/t25-/m0/s1. The van der Waals surface area contributed by atoms with E-state index in [1.165, 1.54) is 11.3 Å². The fourth-order valence-corrected chi connectivity index (χ4v) is 5.14. The molecule has 0 saturated heterocycles. The third kappa shape index (κ3) is 4.16. The quantitative estimate of drug-likeness (QED) is 0.491. The van der Waals surface area contributed by atoms with E-state index in [-0.39, 0.29) is 11.5 Å². The zero-order valence-corrected chi connectivity index (χ0v) is 19.7. The van der Waals surface area contributed by atoms with Gasteiger partial charge < -0.3 is 5.32 Å². The molecule has 1 N–H and O–H groups in total. The zero-order chi connectivity index (χ0) is 23.7. The van der Waals surface area contributed by atoms with Crippen LogP contribution >= 0.6 is 11.3 Å². The van der Waals surface area contributed by atoms with Crippen LogP contribution in [0.25, 0.3) is 6.08 Å². The molecule has 34 heavy (non-hydrogen) atoms. The first-order valence-corrected chi connectivity index (χ1v) is 11.8. The minimum atomic E-state index is -0.568. The summed E-state index contributed by atoms with van der Waals surface area (Å²) in [5.41, 5.74) is 4.57. The predicted molar refractivity (Wildman–Crippen MR) is 136 cm³/mol. The Kier molecular flexibility index (Phi) is 5.82. The van der Waals surface area contributed by atoms with Crippen LogP contribution in [-0.2, 0) is 4.79 Å². The average Bonchev–Trinajstić information content (AvgIpc) is 3.15. The van der Waals surface area contributed by atoms with Crippen molar-refractivity contribution in [2.45, 2.75) is 19.9 Å². The summed E-state index contributed by atoms with van der Waals surface area (Å²) in [6.07, 6.45) is 1.88. The third-order valence-electron chi connectivity index (χ3n) is 5.79. The van der Waals surface area contributed by atoms with Crippen molar-refractivity contribution in [2.24, 2.45) is 4.99 Å². The summed E-state index contributed by atoms with van der Waals surface area (Å²) in [6, 6.07) is 26.4. The van der Waals surface area contributed by atoms with Crippen molar-refractivity contribution in [1.82, 2.24) is 4.57 Å². The summed E-state index contributed by atoms with van der Waals surface area (Å²) in [6.45, 7) is 3.86. The maximum Gasteiger partial charge on any atom is 0.271 e. The molecular formula is C28H23N3O2S. The number of allylic oxidation sites excluding steroid dienone is 1. The first-order chi connectivity index (χ1) is 16.5. The largest absolute Gasteiger partial charge is 0.322 e. The second kappa shape index (κ2) is 9.08. The minimum absolute atomic E-state index is 0.157. The molecule has 0 radical (unpaired) electrons. The van der Waals surface area contributed by atoms with Gasteiger partial charge in [-0.15, -0.1) is 0 Å². The number of amides is 1. The lowest BCUT2D eigenvalue weighted by atomic mass is 9.95. The number of aryl methyl sites for hydroxylation is 1. The van der Waals surface area contributed by atoms with Crippen LogP contribution in [0.2, 0.25) is 0 Å². The minimum Gasteiger partial charge on any atom is -0.322 e. The number of fused-ring (bicyclic) bond motifs is 1. The van der Waals surface area contributed by atoms with Gasteiger partial charge in [0.1, 0.15) is 0 Å². The van der Waals surface area contributed by atoms with Gasteiger partial charge in [0.25, 0.3) is 11.5 Å². The lowest BCUT2D eigenvalue weighted by Crippen LogP contribution is -2.40. The molecule has 1 aromatic heterocycles. The summed E-state index contributed by atoms with van der Waals surface area (Å²) in [5.74, 6) is -0.269. The van der Waals surface area contributed by atoms with Gasteiger partial charge in [0, 0.05) is 5.69 Å². The van der Waals surface area contributed by atoms with E-state index in [1.54, 1.807) is 4.57 Å². The highest BCUT2D eigenvalue weighted by Crippen LogP contribution is 2.30. The van der Waals surface area contributed by atoms with Crippen LogP contribution < -0.4 is 20.2 Å². The van der Waals surface area contributed by atoms with E-state index < -0.39 is 6.04 Å². The van der Waals surface area contributed by atoms with Gasteiger partial charge in [-0.1, -0.05) is 89.7 Å². The average molecular weight is 466 g/mol. The van der Waals surface area contributed by atoms with Gasteiger partial charge >= 0.3 is 0 Å². The molecule has 1 atom stereocenters. The van der Waals surface area contributed by atoms with Gasteiger partial charge in [-0.3, -0.25) is 14.2 Å². The number of rotatable bonds is 4. The normalized spacial score (nSPS) is 15.6. The van der Waals surface area contributed by atoms with Crippen molar-refractivity contribution in [1.29, 1.82) is 0 Å². The highest BCUT2D eigenvalue weighted by Gasteiger charge is 2.32. The molecule has 1 amide bonds. The summed E-state index contributed by atoms with van der Waals surface area (Å²) in [5, 5.41) is 2.97. The molecule has 0 unspecified atom stereocenters. The Morgan fingerprint density at radius 1 is 0.941 bits per heavy atom. The number of thiazole rings is 1. The second-order valence-electron chi connectivity index (χ2n) is 8.22. The molecule has 1 aliphatic rings. The lowest BCUT2D eigenvalue weighted by Gasteiger charge is -2.25. The molecule has 2 heterocycles. The summed E-state index contributed by atoms with van der Waals surface area (Å²) in [7, 11) is 0. The molecule has 5 rings (SSSR count). The van der Waals surface area contributed by atoms with E-state index in [4.69, 9.17) is 0 Å². The predicted octanol–water partition coefficient (Wildman–Crippen LogP) is 4.18. The van der Waals surface area contributed by atoms with Crippen molar-refractivity contribution in [2.75, 3.05) is 5.32 Å². The maximum atomic E-state index is 13.6. The van der Waals surface area contributed by atoms with Crippen molar-refractivity contribution >= 4 is 29.0 Å². The molecule has 0 bridgehead atoms. The number of hydrogen-bond donors (Lipinski definition) is 1. The van der Waals surface area contributed by atoms with Crippen LogP contribution in [0.4, 0.5) is 5.69 Å². The molecule has 0 aliphatic carbocycles. The smallest absolute Gasteiger partial charge is 0.271 e. The Bertz CT molecular complexity index is 1560. The van der Waals surface area contributed by atoms with E-state index in [0.29, 0.717) is 26.3 Å². The number of anilines is 1. The maximum absolute atomic E-state index is 13.6. The van der Waals surface area contributed by atoms with Crippen molar-refractivity contribution in [3.05, 3.63) is 133 Å². The zero-order valence-electron chi connectivity index (χ0n) is 18.9. The first kappa shape index (κ1) is 21.8.